The third-order valence-electron chi connectivity index (χ3n) is 5.00. The molecule has 0 radical (unpaired) electrons. The summed E-state index contributed by atoms with van der Waals surface area (Å²) in [6.45, 7) is 7.22. The molecule has 6 nitrogen and oxygen atoms in total. The van der Waals surface area contributed by atoms with Gasteiger partial charge in [0.25, 0.3) is 10.0 Å². The molecule has 0 heterocycles. The van der Waals surface area contributed by atoms with Gasteiger partial charge in [-0.3, -0.25) is 9.10 Å². The molecular formula is C25H28N2O4S. The third-order valence-corrected chi connectivity index (χ3v) is 6.78. The number of methoxy groups -OCH3 is 1. The third kappa shape index (κ3) is 5.29. The number of ether oxygens (including phenoxy) is 1. The van der Waals surface area contributed by atoms with Crippen LogP contribution >= 0.6 is 0 Å². The number of nitrogens with zero attached hydrogens (tertiary/aromatic N) is 1. The van der Waals surface area contributed by atoms with Crippen LogP contribution in [0.3, 0.4) is 0 Å². The Morgan fingerprint density at radius 3 is 2.03 bits per heavy atom. The Morgan fingerprint density at radius 1 is 0.844 bits per heavy atom. The molecule has 0 spiro atoms. The quantitative estimate of drug-likeness (QED) is 0.561. The van der Waals surface area contributed by atoms with Gasteiger partial charge in [0.15, 0.2) is 0 Å². The summed E-state index contributed by atoms with van der Waals surface area (Å²) in [5, 5.41) is 2.82. The van der Waals surface area contributed by atoms with E-state index in [1.807, 2.05) is 52.0 Å². The first-order valence-electron chi connectivity index (χ1n) is 10.2. The molecule has 7 heteroatoms. The monoisotopic (exact) mass is 452 g/mol. The molecule has 0 aliphatic heterocycles. The van der Waals surface area contributed by atoms with E-state index in [1.165, 1.54) is 7.11 Å². The number of carbonyl (C=O) groups is 1. The SMILES string of the molecule is COc1ccc(C)cc1N(CC(=O)Nc1cc(C)cc(C)c1)S(=O)(=O)c1ccc(C)cc1. The molecule has 1 amide bonds. The number of nitrogens with one attached hydrogen (secondary N) is 1. The molecule has 168 valence electrons. The molecule has 0 fully saturated rings. The number of amides is 1. The first-order chi connectivity index (χ1) is 15.1. The maximum atomic E-state index is 13.6. The highest BCUT2D eigenvalue weighted by Gasteiger charge is 2.29. The van der Waals surface area contributed by atoms with E-state index in [2.05, 4.69) is 5.32 Å². The first-order valence-corrected chi connectivity index (χ1v) is 11.7. The lowest BCUT2D eigenvalue weighted by Crippen LogP contribution is -2.38. The van der Waals surface area contributed by atoms with Crippen LogP contribution in [-0.2, 0) is 14.8 Å². The van der Waals surface area contributed by atoms with Crippen LogP contribution < -0.4 is 14.4 Å². The Bertz CT molecular complexity index is 1220. The van der Waals surface area contributed by atoms with E-state index >= 15 is 0 Å². The molecule has 0 unspecified atom stereocenters. The highest BCUT2D eigenvalue weighted by atomic mass is 32.2. The Hall–Kier alpha value is -3.32. The topological polar surface area (TPSA) is 75.7 Å². The number of sulfonamides is 1. The van der Waals surface area contributed by atoms with Gasteiger partial charge in [0.1, 0.15) is 12.3 Å². The summed E-state index contributed by atoms with van der Waals surface area (Å²) in [6, 6.07) is 17.5. The lowest BCUT2D eigenvalue weighted by molar-refractivity contribution is -0.114. The molecule has 0 bridgehead atoms. The Balaban J connectivity index is 2.03. The van der Waals surface area contributed by atoms with Gasteiger partial charge in [0.05, 0.1) is 17.7 Å². The fourth-order valence-corrected chi connectivity index (χ4v) is 4.93. The van der Waals surface area contributed by atoms with E-state index in [-0.39, 0.29) is 4.90 Å². The van der Waals surface area contributed by atoms with Crippen LogP contribution in [0, 0.1) is 27.7 Å². The second kappa shape index (κ2) is 9.44. The summed E-state index contributed by atoms with van der Waals surface area (Å²) >= 11 is 0. The van der Waals surface area contributed by atoms with Crippen molar-refractivity contribution in [2.24, 2.45) is 0 Å². The van der Waals surface area contributed by atoms with Gasteiger partial charge in [0.2, 0.25) is 5.91 Å². The normalized spacial score (nSPS) is 11.2. The smallest absolute Gasteiger partial charge is 0.264 e. The summed E-state index contributed by atoms with van der Waals surface area (Å²) < 4.78 is 33.7. The molecule has 3 aromatic carbocycles. The van der Waals surface area contributed by atoms with Crippen molar-refractivity contribution < 1.29 is 17.9 Å². The number of hydrogen-bond donors (Lipinski definition) is 1. The zero-order valence-corrected chi connectivity index (χ0v) is 19.8. The zero-order valence-electron chi connectivity index (χ0n) is 19.0. The molecule has 0 saturated carbocycles. The summed E-state index contributed by atoms with van der Waals surface area (Å²) in [4.78, 5) is 13.1. The maximum absolute atomic E-state index is 13.6. The highest BCUT2D eigenvalue weighted by molar-refractivity contribution is 7.92. The average molecular weight is 453 g/mol. The lowest BCUT2D eigenvalue weighted by Gasteiger charge is -2.26. The number of anilines is 2. The largest absolute Gasteiger partial charge is 0.495 e. The molecule has 0 aliphatic rings. The molecule has 0 aliphatic carbocycles. The average Bonchev–Trinajstić information content (AvgIpc) is 2.71. The van der Waals surface area contributed by atoms with Crippen LogP contribution in [-0.4, -0.2) is 28.0 Å². The Morgan fingerprint density at radius 2 is 1.44 bits per heavy atom. The fourth-order valence-electron chi connectivity index (χ4n) is 3.51. The fraction of sp³-hybridized carbons (Fsp3) is 0.240. The second-order valence-electron chi connectivity index (χ2n) is 7.92. The van der Waals surface area contributed by atoms with E-state index in [1.54, 1.807) is 36.4 Å². The van der Waals surface area contributed by atoms with Gasteiger partial charge in [-0.25, -0.2) is 8.42 Å². The first kappa shape index (κ1) is 23.3. The van der Waals surface area contributed by atoms with Gasteiger partial charge in [-0.2, -0.15) is 0 Å². The van der Waals surface area contributed by atoms with Crippen molar-refractivity contribution in [3.05, 3.63) is 82.9 Å². The number of hydrogen-bond acceptors (Lipinski definition) is 4. The number of carbonyl (C=O) groups excluding carboxylic acids is 1. The second-order valence-corrected chi connectivity index (χ2v) is 9.79. The van der Waals surface area contributed by atoms with Crippen molar-refractivity contribution in [1.29, 1.82) is 0 Å². The van der Waals surface area contributed by atoms with Crippen LogP contribution in [0.15, 0.2) is 65.6 Å². The van der Waals surface area contributed by atoms with Crippen LogP contribution in [0.4, 0.5) is 11.4 Å². The number of benzene rings is 3. The molecule has 0 aromatic heterocycles. The standard InChI is InChI=1S/C25H28N2O4S/c1-17-6-9-22(10-7-17)32(29,30)27(23-15-18(2)8-11-24(23)31-5)16-25(28)26-21-13-19(3)12-20(4)14-21/h6-15H,16H2,1-5H3,(H,26,28). The van der Waals surface area contributed by atoms with Crippen molar-refractivity contribution in [3.8, 4) is 5.75 Å². The van der Waals surface area contributed by atoms with Crippen molar-refractivity contribution in [2.75, 3.05) is 23.3 Å². The minimum Gasteiger partial charge on any atom is -0.495 e. The molecule has 3 aromatic rings. The van der Waals surface area contributed by atoms with Crippen molar-refractivity contribution in [1.82, 2.24) is 0 Å². The van der Waals surface area contributed by atoms with E-state index in [9.17, 15) is 13.2 Å². The minimum atomic E-state index is -4.03. The Labute approximate surface area is 189 Å². The molecule has 1 N–H and O–H groups in total. The summed E-state index contributed by atoms with van der Waals surface area (Å²) in [5.74, 6) is -0.0836. The van der Waals surface area contributed by atoms with Gasteiger partial charge >= 0.3 is 0 Å². The molecule has 0 saturated heterocycles. The van der Waals surface area contributed by atoms with Crippen molar-refractivity contribution >= 4 is 27.3 Å². The van der Waals surface area contributed by atoms with Crippen LogP contribution in [0.25, 0.3) is 0 Å². The van der Waals surface area contributed by atoms with Gasteiger partial charge in [-0.1, -0.05) is 29.8 Å². The van der Waals surface area contributed by atoms with Crippen molar-refractivity contribution in [3.63, 3.8) is 0 Å². The molecule has 32 heavy (non-hydrogen) atoms. The van der Waals surface area contributed by atoms with Crippen LogP contribution in [0.5, 0.6) is 5.75 Å². The summed E-state index contributed by atoms with van der Waals surface area (Å²) in [7, 11) is -2.56. The number of rotatable bonds is 7. The van der Waals surface area contributed by atoms with Crippen molar-refractivity contribution in [2.45, 2.75) is 32.6 Å². The minimum absolute atomic E-state index is 0.103. The molecular weight excluding hydrogens is 424 g/mol. The van der Waals surface area contributed by atoms with E-state index in [0.29, 0.717) is 17.1 Å². The van der Waals surface area contributed by atoms with Gasteiger partial charge < -0.3 is 10.1 Å². The maximum Gasteiger partial charge on any atom is 0.264 e. The summed E-state index contributed by atoms with van der Waals surface area (Å²) in [5.41, 5.74) is 4.73. The predicted molar refractivity (Wildman–Crippen MR) is 128 cm³/mol. The van der Waals surface area contributed by atoms with E-state index in [0.717, 1.165) is 26.6 Å². The van der Waals surface area contributed by atoms with Gasteiger partial charge in [0, 0.05) is 5.69 Å². The molecule has 0 atom stereocenters. The lowest BCUT2D eigenvalue weighted by atomic mass is 10.1. The van der Waals surface area contributed by atoms with Gasteiger partial charge in [-0.15, -0.1) is 0 Å². The zero-order chi connectivity index (χ0) is 23.5. The van der Waals surface area contributed by atoms with E-state index < -0.39 is 22.5 Å². The highest BCUT2D eigenvalue weighted by Crippen LogP contribution is 2.33. The Kier molecular flexibility index (Phi) is 6.89. The predicted octanol–water partition coefficient (Wildman–Crippen LogP) is 4.76. The summed E-state index contributed by atoms with van der Waals surface area (Å²) in [6.07, 6.45) is 0. The van der Waals surface area contributed by atoms with Gasteiger partial charge in [-0.05, 0) is 80.8 Å². The van der Waals surface area contributed by atoms with E-state index in [4.69, 9.17) is 4.74 Å². The molecule has 3 rings (SSSR count). The van der Waals surface area contributed by atoms with Crippen LogP contribution in [0.2, 0.25) is 0 Å². The number of aryl methyl sites for hydroxylation is 4. The van der Waals surface area contributed by atoms with Crippen LogP contribution in [0.1, 0.15) is 22.3 Å².